The summed E-state index contributed by atoms with van der Waals surface area (Å²) in [7, 11) is 0. The number of allylic oxidation sites excluding steroid dienone is 2. The highest BCUT2D eigenvalue weighted by Crippen LogP contribution is 2.25. The lowest BCUT2D eigenvalue weighted by atomic mass is 10.1. The Morgan fingerprint density at radius 1 is 1.38 bits per heavy atom. The summed E-state index contributed by atoms with van der Waals surface area (Å²) in [6, 6.07) is 0. The van der Waals surface area contributed by atoms with E-state index < -0.39 is 0 Å². The van der Waals surface area contributed by atoms with Gasteiger partial charge in [-0.05, 0) is 32.1 Å². The highest BCUT2D eigenvalue weighted by atomic mass is 16.3. The highest BCUT2D eigenvalue weighted by Gasteiger charge is 2.11. The molecule has 13 heavy (non-hydrogen) atoms. The maximum Gasteiger partial charge on any atom is 0.0755 e. The summed E-state index contributed by atoms with van der Waals surface area (Å²) in [6.07, 6.45) is 13.9. The summed E-state index contributed by atoms with van der Waals surface area (Å²) in [5, 5.41) is 9.50. The van der Waals surface area contributed by atoms with Crippen LogP contribution in [0.3, 0.4) is 0 Å². The first-order valence-electron chi connectivity index (χ1n) is 5.30. The molecule has 1 rings (SSSR count). The molecule has 74 valence electrons. The van der Waals surface area contributed by atoms with Crippen LogP contribution in [0.4, 0.5) is 0 Å². The average Bonchev–Trinajstić information content (AvgIpc) is 2.64. The number of aliphatic hydroxyl groups is 1. The van der Waals surface area contributed by atoms with Gasteiger partial charge in [-0.3, -0.25) is 0 Å². The molecule has 0 aliphatic heterocycles. The van der Waals surface area contributed by atoms with Crippen molar-refractivity contribution in [3.05, 3.63) is 24.3 Å². The molecule has 1 aliphatic rings. The molecule has 1 unspecified atom stereocenters. The van der Waals surface area contributed by atoms with Gasteiger partial charge in [-0.15, -0.1) is 0 Å². The summed E-state index contributed by atoms with van der Waals surface area (Å²) in [4.78, 5) is 0. The molecular formula is C12H20O. The summed E-state index contributed by atoms with van der Waals surface area (Å²) in [5.41, 5.74) is 0. The predicted molar refractivity (Wildman–Crippen MR) is 56.5 cm³/mol. The van der Waals surface area contributed by atoms with Gasteiger partial charge in [-0.25, -0.2) is 0 Å². The van der Waals surface area contributed by atoms with Gasteiger partial charge < -0.3 is 5.11 Å². The number of rotatable bonds is 4. The van der Waals surface area contributed by atoms with Gasteiger partial charge in [-0.1, -0.05) is 37.1 Å². The zero-order valence-corrected chi connectivity index (χ0v) is 8.45. The van der Waals surface area contributed by atoms with E-state index in [0.29, 0.717) is 0 Å². The quantitative estimate of drug-likeness (QED) is 0.659. The number of hydrogen-bond acceptors (Lipinski definition) is 1. The van der Waals surface area contributed by atoms with Gasteiger partial charge in [0.25, 0.3) is 0 Å². The minimum atomic E-state index is -0.281. The molecule has 1 heteroatoms. The van der Waals surface area contributed by atoms with E-state index in [1.807, 2.05) is 25.2 Å². The van der Waals surface area contributed by atoms with E-state index in [1.54, 1.807) is 0 Å². The second-order valence-corrected chi connectivity index (χ2v) is 3.80. The Hall–Kier alpha value is -0.560. The standard InChI is InChI=1S/C12H20O/c1-2-3-8-12(13)10-9-11-6-4-5-7-11/h2-3,9-13H,4-8H2,1H3/b3-2-,10-9-. The van der Waals surface area contributed by atoms with Crippen molar-refractivity contribution in [2.24, 2.45) is 5.92 Å². The van der Waals surface area contributed by atoms with E-state index >= 15 is 0 Å². The van der Waals surface area contributed by atoms with Gasteiger partial charge >= 0.3 is 0 Å². The molecule has 1 aliphatic carbocycles. The van der Waals surface area contributed by atoms with Gasteiger partial charge in [0, 0.05) is 0 Å². The monoisotopic (exact) mass is 180 g/mol. The Labute approximate surface area is 81.2 Å². The molecule has 0 radical (unpaired) electrons. The van der Waals surface area contributed by atoms with Crippen LogP contribution in [-0.4, -0.2) is 11.2 Å². The Kier molecular flexibility index (Phi) is 4.84. The largest absolute Gasteiger partial charge is 0.389 e. The van der Waals surface area contributed by atoms with Gasteiger partial charge in [0.05, 0.1) is 6.10 Å². The molecule has 0 bridgehead atoms. The minimum absolute atomic E-state index is 0.281. The van der Waals surface area contributed by atoms with Crippen LogP contribution in [0, 0.1) is 5.92 Å². The number of aliphatic hydroxyl groups excluding tert-OH is 1. The Balaban J connectivity index is 2.21. The molecule has 0 spiro atoms. The average molecular weight is 180 g/mol. The summed E-state index contributed by atoms with van der Waals surface area (Å²) in [5.74, 6) is 0.736. The predicted octanol–water partition coefficient (Wildman–Crippen LogP) is 3.06. The molecule has 0 aromatic rings. The van der Waals surface area contributed by atoms with Crippen molar-refractivity contribution in [3.63, 3.8) is 0 Å². The normalized spacial score (nSPS) is 22.0. The highest BCUT2D eigenvalue weighted by molar-refractivity contribution is 4.97. The molecule has 1 saturated carbocycles. The van der Waals surface area contributed by atoms with E-state index in [0.717, 1.165) is 12.3 Å². The molecule has 0 heterocycles. The van der Waals surface area contributed by atoms with Gasteiger partial charge in [-0.2, -0.15) is 0 Å². The Morgan fingerprint density at radius 3 is 2.69 bits per heavy atom. The summed E-state index contributed by atoms with van der Waals surface area (Å²) in [6.45, 7) is 1.98. The number of hydrogen-bond donors (Lipinski definition) is 1. The molecule has 1 atom stereocenters. The maximum absolute atomic E-state index is 9.50. The van der Waals surface area contributed by atoms with E-state index in [2.05, 4.69) is 6.08 Å². The van der Waals surface area contributed by atoms with E-state index in [4.69, 9.17) is 0 Å². The first kappa shape index (κ1) is 10.5. The Bertz CT molecular complexity index is 176. The van der Waals surface area contributed by atoms with Crippen molar-refractivity contribution >= 4 is 0 Å². The van der Waals surface area contributed by atoms with Crippen molar-refractivity contribution in [3.8, 4) is 0 Å². The van der Waals surface area contributed by atoms with Crippen molar-refractivity contribution in [1.29, 1.82) is 0 Å². The van der Waals surface area contributed by atoms with Crippen molar-refractivity contribution in [2.75, 3.05) is 0 Å². The molecular weight excluding hydrogens is 160 g/mol. The topological polar surface area (TPSA) is 20.2 Å². The lowest BCUT2D eigenvalue weighted by molar-refractivity contribution is 0.226. The van der Waals surface area contributed by atoms with Crippen LogP contribution in [0.1, 0.15) is 39.0 Å². The molecule has 0 aromatic heterocycles. The molecule has 0 saturated heterocycles. The molecule has 1 nitrogen and oxygen atoms in total. The zero-order chi connectivity index (χ0) is 9.52. The van der Waals surface area contributed by atoms with E-state index in [9.17, 15) is 5.11 Å². The van der Waals surface area contributed by atoms with Crippen LogP contribution in [0.2, 0.25) is 0 Å². The van der Waals surface area contributed by atoms with Gasteiger partial charge in [0.15, 0.2) is 0 Å². The fourth-order valence-corrected chi connectivity index (χ4v) is 1.79. The van der Waals surface area contributed by atoms with Crippen molar-refractivity contribution in [1.82, 2.24) is 0 Å². The lowest BCUT2D eigenvalue weighted by Crippen LogP contribution is -2.00. The zero-order valence-electron chi connectivity index (χ0n) is 8.45. The van der Waals surface area contributed by atoms with Crippen LogP contribution < -0.4 is 0 Å². The minimum Gasteiger partial charge on any atom is -0.389 e. The summed E-state index contributed by atoms with van der Waals surface area (Å²) >= 11 is 0. The van der Waals surface area contributed by atoms with E-state index in [1.165, 1.54) is 25.7 Å². The lowest BCUT2D eigenvalue weighted by Gasteiger charge is -2.03. The van der Waals surface area contributed by atoms with Crippen LogP contribution in [-0.2, 0) is 0 Å². The molecule has 0 amide bonds. The second kappa shape index (κ2) is 5.98. The third-order valence-electron chi connectivity index (χ3n) is 2.62. The van der Waals surface area contributed by atoms with Crippen LogP contribution >= 0.6 is 0 Å². The Morgan fingerprint density at radius 2 is 2.08 bits per heavy atom. The molecule has 0 aromatic carbocycles. The molecule has 1 fully saturated rings. The maximum atomic E-state index is 9.50. The third-order valence-corrected chi connectivity index (χ3v) is 2.62. The van der Waals surface area contributed by atoms with Crippen LogP contribution in [0.5, 0.6) is 0 Å². The fourth-order valence-electron chi connectivity index (χ4n) is 1.79. The SMILES string of the molecule is C/C=C\CC(O)/C=C\C1CCCC1. The fraction of sp³-hybridized carbons (Fsp3) is 0.667. The van der Waals surface area contributed by atoms with E-state index in [-0.39, 0.29) is 6.10 Å². The first-order chi connectivity index (χ1) is 6.33. The van der Waals surface area contributed by atoms with Crippen molar-refractivity contribution < 1.29 is 5.11 Å². The van der Waals surface area contributed by atoms with Gasteiger partial charge in [0.2, 0.25) is 0 Å². The molecule has 1 N–H and O–H groups in total. The first-order valence-corrected chi connectivity index (χ1v) is 5.30. The third kappa shape index (κ3) is 4.28. The van der Waals surface area contributed by atoms with Crippen molar-refractivity contribution in [2.45, 2.75) is 45.1 Å². The smallest absolute Gasteiger partial charge is 0.0755 e. The summed E-state index contributed by atoms with van der Waals surface area (Å²) < 4.78 is 0. The van der Waals surface area contributed by atoms with Crippen LogP contribution in [0.15, 0.2) is 24.3 Å². The van der Waals surface area contributed by atoms with Crippen LogP contribution in [0.25, 0.3) is 0 Å². The second-order valence-electron chi connectivity index (χ2n) is 3.80. The van der Waals surface area contributed by atoms with Gasteiger partial charge in [0.1, 0.15) is 0 Å².